The number of aliphatic hydroxyl groups is 1. The lowest BCUT2D eigenvalue weighted by molar-refractivity contribution is 0.0950. The molecule has 0 unspecified atom stereocenters. The minimum atomic E-state index is -1.60. The fourth-order valence-corrected chi connectivity index (χ4v) is 1.07. The highest BCUT2D eigenvalue weighted by molar-refractivity contribution is 5.94. The average molecular weight is 233 g/mol. The quantitative estimate of drug-likeness (QED) is 0.606. The first-order chi connectivity index (χ1) is 7.56. The Hall–Kier alpha value is -1.56. The van der Waals surface area contributed by atoms with Crippen LogP contribution in [-0.2, 0) is 0 Å². The van der Waals surface area contributed by atoms with E-state index in [0.29, 0.717) is 18.6 Å². The van der Waals surface area contributed by atoms with E-state index >= 15 is 0 Å². The van der Waals surface area contributed by atoms with Crippen molar-refractivity contribution in [2.45, 2.75) is 6.42 Å². The van der Waals surface area contributed by atoms with Crippen molar-refractivity contribution in [3.8, 4) is 0 Å². The van der Waals surface area contributed by atoms with Gasteiger partial charge in [0.1, 0.15) is 0 Å². The molecule has 0 bridgehead atoms. The number of rotatable bonds is 4. The van der Waals surface area contributed by atoms with Gasteiger partial charge in [-0.2, -0.15) is 0 Å². The van der Waals surface area contributed by atoms with Crippen LogP contribution in [0.5, 0.6) is 0 Å². The minimum Gasteiger partial charge on any atom is -0.396 e. The molecule has 6 heteroatoms. The topological polar surface area (TPSA) is 49.3 Å². The van der Waals surface area contributed by atoms with Crippen LogP contribution in [0.15, 0.2) is 12.1 Å². The first kappa shape index (κ1) is 12.5. The van der Waals surface area contributed by atoms with Crippen molar-refractivity contribution in [2.24, 2.45) is 0 Å². The van der Waals surface area contributed by atoms with Crippen LogP contribution < -0.4 is 5.32 Å². The van der Waals surface area contributed by atoms with Crippen molar-refractivity contribution in [3.63, 3.8) is 0 Å². The monoisotopic (exact) mass is 233 g/mol. The highest BCUT2D eigenvalue weighted by Gasteiger charge is 2.14. The van der Waals surface area contributed by atoms with E-state index in [2.05, 4.69) is 5.32 Å². The number of halogens is 3. The van der Waals surface area contributed by atoms with E-state index in [1.165, 1.54) is 0 Å². The summed E-state index contributed by atoms with van der Waals surface area (Å²) in [6.45, 7) is 0.0718. The molecule has 0 aromatic heterocycles. The number of benzene rings is 1. The normalized spacial score (nSPS) is 10.2. The van der Waals surface area contributed by atoms with Crippen LogP contribution in [0, 0.1) is 17.5 Å². The van der Waals surface area contributed by atoms with Crippen LogP contribution in [-0.4, -0.2) is 24.2 Å². The molecule has 88 valence electrons. The summed E-state index contributed by atoms with van der Waals surface area (Å²) >= 11 is 0. The van der Waals surface area contributed by atoms with Crippen molar-refractivity contribution < 1.29 is 23.1 Å². The molecule has 0 aliphatic heterocycles. The van der Waals surface area contributed by atoms with E-state index in [9.17, 15) is 18.0 Å². The van der Waals surface area contributed by atoms with Gasteiger partial charge >= 0.3 is 0 Å². The van der Waals surface area contributed by atoms with Gasteiger partial charge < -0.3 is 10.4 Å². The van der Waals surface area contributed by atoms with E-state index in [4.69, 9.17) is 5.11 Å². The summed E-state index contributed by atoms with van der Waals surface area (Å²) in [5, 5.41) is 10.8. The lowest BCUT2D eigenvalue weighted by Gasteiger charge is -2.04. The number of nitrogens with one attached hydrogen (secondary N) is 1. The zero-order chi connectivity index (χ0) is 12.1. The molecule has 0 fully saturated rings. The van der Waals surface area contributed by atoms with E-state index in [1.807, 2.05) is 0 Å². The van der Waals surface area contributed by atoms with Gasteiger partial charge in [-0.25, -0.2) is 13.2 Å². The molecule has 2 N–H and O–H groups in total. The Morgan fingerprint density at radius 3 is 2.31 bits per heavy atom. The smallest absolute Gasteiger partial charge is 0.251 e. The SMILES string of the molecule is O=C(NCCCO)c1cc(F)c(F)c(F)c1. The largest absolute Gasteiger partial charge is 0.396 e. The molecule has 0 radical (unpaired) electrons. The van der Waals surface area contributed by atoms with Crippen LogP contribution in [0.2, 0.25) is 0 Å². The Balaban J connectivity index is 2.76. The molecule has 1 amide bonds. The third-order valence-corrected chi connectivity index (χ3v) is 1.87. The maximum Gasteiger partial charge on any atom is 0.251 e. The van der Waals surface area contributed by atoms with Gasteiger partial charge in [0.2, 0.25) is 0 Å². The van der Waals surface area contributed by atoms with Gasteiger partial charge in [-0.05, 0) is 18.6 Å². The molecule has 1 aromatic carbocycles. The fourth-order valence-electron chi connectivity index (χ4n) is 1.07. The lowest BCUT2D eigenvalue weighted by atomic mass is 10.2. The molecule has 1 rings (SSSR count). The van der Waals surface area contributed by atoms with Gasteiger partial charge in [0.15, 0.2) is 17.5 Å². The van der Waals surface area contributed by atoms with E-state index in [0.717, 1.165) is 0 Å². The molecule has 1 aromatic rings. The Labute approximate surface area is 89.9 Å². The zero-order valence-electron chi connectivity index (χ0n) is 8.27. The third-order valence-electron chi connectivity index (χ3n) is 1.87. The summed E-state index contributed by atoms with van der Waals surface area (Å²) in [4.78, 5) is 11.3. The van der Waals surface area contributed by atoms with E-state index < -0.39 is 23.4 Å². The van der Waals surface area contributed by atoms with Crippen molar-refractivity contribution >= 4 is 5.91 Å². The molecule has 0 aliphatic rings. The Morgan fingerprint density at radius 1 is 1.25 bits per heavy atom. The van der Waals surface area contributed by atoms with Gasteiger partial charge in [-0.1, -0.05) is 0 Å². The predicted molar refractivity (Wildman–Crippen MR) is 50.4 cm³/mol. The molecule has 0 atom stereocenters. The summed E-state index contributed by atoms with van der Waals surface area (Å²) in [6.07, 6.45) is 0.331. The molecule has 0 spiro atoms. The van der Waals surface area contributed by atoms with Crippen LogP contribution in [0.1, 0.15) is 16.8 Å². The summed E-state index contributed by atoms with van der Waals surface area (Å²) < 4.78 is 38.1. The predicted octanol–water partition coefficient (Wildman–Crippen LogP) is 1.22. The Kier molecular flexibility index (Phi) is 4.30. The van der Waals surface area contributed by atoms with Gasteiger partial charge in [-0.3, -0.25) is 4.79 Å². The lowest BCUT2D eigenvalue weighted by Crippen LogP contribution is -2.25. The second-order valence-electron chi connectivity index (χ2n) is 3.09. The Bertz CT molecular complexity index is 373. The number of hydrogen-bond donors (Lipinski definition) is 2. The second kappa shape index (κ2) is 5.50. The number of aliphatic hydroxyl groups excluding tert-OH is 1. The molecule has 3 nitrogen and oxygen atoms in total. The zero-order valence-corrected chi connectivity index (χ0v) is 8.27. The van der Waals surface area contributed by atoms with Crippen LogP contribution in [0.3, 0.4) is 0 Å². The first-order valence-electron chi connectivity index (χ1n) is 4.60. The second-order valence-corrected chi connectivity index (χ2v) is 3.09. The van der Waals surface area contributed by atoms with Gasteiger partial charge in [0, 0.05) is 18.7 Å². The van der Waals surface area contributed by atoms with Gasteiger partial charge in [-0.15, -0.1) is 0 Å². The van der Waals surface area contributed by atoms with E-state index in [-0.39, 0.29) is 18.7 Å². The summed E-state index contributed by atoms with van der Waals surface area (Å²) in [5.41, 5.74) is -0.297. The highest BCUT2D eigenvalue weighted by Crippen LogP contribution is 2.13. The fraction of sp³-hybridized carbons (Fsp3) is 0.300. The summed E-state index contributed by atoms with van der Waals surface area (Å²) in [6, 6.07) is 1.24. The summed E-state index contributed by atoms with van der Waals surface area (Å²) in [5.74, 6) is -5.14. The van der Waals surface area contributed by atoms with Crippen molar-refractivity contribution in [2.75, 3.05) is 13.2 Å². The van der Waals surface area contributed by atoms with Crippen LogP contribution in [0.4, 0.5) is 13.2 Å². The number of carbonyl (C=O) groups is 1. The number of hydrogen-bond acceptors (Lipinski definition) is 2. The van der Waals surface area contributed by atoms with Gasteiger partial charge in [0.05, 0.1) is 0 Å². The molecule has 16 heavy (non-hydrogen) atoms. The average Bonchev–Trinajstić information content (AvgIpc) is 2.25. The Morgan fingerprint density at radius 2 is 1.81 bits per heavy atom. The van der Waals surface area contributed by atoms with Crippen molar-refractivity contribution in [1.82, 2.24) is 5.32 Å². The number of carbonyl (C=O) groups excluding carboxylic acids is 1. The molecule has 0 saturated heterocycles. The highest BCUT2D eigenvalue weighted by atomic mass is 19.2. The minimum absolute atomic E-state index is 0.105. The standard InChI is InChI=1S/C10H10F3NO2/c11-7-4-6(5-8(12)9(7)13)10(16)14-2-1-3-15/h4-5,15H,1-3H2,(H,14,16). The molecular weight excluding hydrogens is 223 g/mol. The van der Waals surface area contributed by atoms with Crippen LogP contribution >= 0.6 is 0 Å². The third kappa shape index (κ3) is 2.96. The van der Waals surface area contributed by atoms with Crippen LogP contribution in [0.25, 0.3) is 0 Å². The molecular formula is C10H10F3NO2. The van der Waals surface area contributed by atoms with Crippen molar-refractivity contribution in [1.29, 1.82) is 0 Å². The van der Waals surface area contributed by atoms with E-state index in [1.54, 1.807) is 0 Å². The van der Waals surface area contributed by atoms with Gasteiger partial charge in [0.25, 0.3) is 5.91 Å². The summed E-state index contributed by atoms with van der Waals surface area (Å²) in [7, 11) is 0. The number of amides is 1. The maximum atomic E-state index is 12.8. The molecule has 0 saturated carbocycles. The first-order valence-corrected chi connectivity index (χ1v) is 4.60. The van der Waals surface area contributed by atoms with Crippen molar-refractivity contribution in [3.05, 3.63) is 35.1 Å². The molecule has 0 heterocycles. The maximum absolute atomic E-state index is 12.8. The molecule has 0 aliphatic carbocycles.